The first kappa shape index (κ1) is 13.4. The van der Waals surface area contributed by atoms with E-state index in [0.29, 0.717) is 5.92 Å². The van der Waals surface area contributed by atoms with Gasteiger partial charge in [0.05, 0.1) is 5.71 Å². The molecule has 0 radical (unpaired) electrons. The fraction of sp³-hybridized carbons (Fsp3) is 0.737. The van der Waals surface area contributed by atoms with Crippen LogP contribution in [0.25, 0.3) is 0 Å². The van der Waals surface area contributed by atoms with Crippen molar-refractivity contribution in [2.75, 3.05) is 0 Å². The highest BCUT2D eigenvalue weighted by Crippen LogP contribution is 2.57. The molecule has 2 heteroatoms. The van der Waals surface area contributed by atoms with Crippen molar-refractivity contribution in [1.29, 1.82) is 0 Å². The summed E-state index contributed by atoms with van der Waals surface area (Å²) >= 11 is 0. The number of nitrogens with zero attached hydrogens (tertiary/aromatic N) is 1. The normalized spacial score (nSPS) is 47.0. The maximum Gasteiger partial charge on any atom is 0.0795 e. The topological polar surface area (TPSA) is 32.6 Å². The van der Waals surface area contributed by atoms with Gasteiger partial charge in [-0.3, -0.25) is 0 Å². The Morgan fingerprint density at radius 2 is 1.71 bits per heavy atom. The Hall–Kier alpha value is -1.23. The van der Waals surface area contributed by atoms with Crippen molar-refractivity contribution in [3.8, 4) is 12.3 Å². The highest BCUT2D eigenvalue weighted by molar-refractivity contribution is 5.96. The second-order valence-electron chi connectivity index (χ2n) is 7.58. The molecule has 0 bridgehead atoms. The zero-order valence-corrected chi connectivity index (χ0v) is 12.7. The summed E-state index contributed by atoms with van der Waals surface area (Å²) in [5.41, 5.74) is 2.46. The van der Waals surface area contributed by atoms with Crippen LogP contribution in [0.1, 0.15) is 51.4 Å². The van der Waals surface area contributed by atoms with Crippen LogP contribution in [-0.4, -0.2) is 10.9 Å². The van der Waals surface area contributed by atoms with E-state index in [1.165, 1.54) is 44.9 Å². The Bertz CT molecular complexity index is 526. The molecule has 0 amide bonds. The highest BCUT2D eigenvalue weighted by Gasteiger charge is 2.49. The molecule has 6 atom stereocenters. The maximum atomic E-state index is 9.02. The van der Waals surface area contributed by atoms with E-state index in [1.54, 1.807) is 5.57 Å². The van der Waals surface area contributed by atoms with Crippen LogP contribution in [0.15, 0.2) is 16.8 Å². The number of hydrogen-bond acceptors (Lipinski definition) is 2. The summed E-state index contributed by atoms with van der Waals surface area (Å²) in [5, 5.41) is 12.5. The van der Waals surface area contributed by atoms with Crippen LogP contribution in [-0.2, 0) is 0 Å². The second kappa shape index (κ2) is 5.20. The molecule has 112 valence electrons. The van der Waals surface area contributed by atoms with Gasteiger partial charge in [0.2, 0.25) is 0 Å². The molecule has 0 saturated heterocycles. The van der Waals surface area contributed by atoms with Gasteiger partial charge in [-0.15, -0.1) is 12.3 Å². The van der Waals surface area contributed by atoms with Gasteiger partial charge in [-0.2, -0.15) is 0 Å². The summed E-state index contributed by atoms with van der Waals surface area (Å²) in [5.74, 6) is 7.91. The van der Waals surface area contributed by atoms with Crippen LogP contribution in [0.4, 0.5) is 0 Å². The van der Waals surface area contributed by atoms with Crippen LogP contribution >= 0.6 is 0 Å². The van der Waals surface area contributed by atoms with Gasteiger partial charge in [-0.05, 0) is 87.0 Å². The van der Waals surface area contributed by atoms with E-state index >= 15 is 0 Å². The highest BCUT2D eigenvalue weighted by atomic mass is 16.4. The van der Waals surface area contributed by atoms with Crippen LogP contribution in [0.3, 0.4) is 0 Å². The van der Waals surface area contributed by atoms with Crippen molar-refractivity contribution in [1.82, 2.24) is 0 Å². The minimum Gasteiger partial charge on any atom is -0.411 e. The fourth-order valence-electron chi connectivity index (χ4n) is 6.14. The number of hydrogen-bond donors (Lipinski definition) is 1. The Kier molecular flexibility index (Phi) is 3.32. The quantitative estimate of drug-likeness (QED) is 0.402. The first-order chi connectivity index (χ1) is 10.3. The molecule has 0 aromatic heterocycles. The van der Waals surface area contributed by atoms with Gasteiger partial charge in [0, 0.05) is 5.92 Å². The third-order valence-corrected chi connectivity index (χ3v) is 6.98. The van der Waals surface area contributed by atoms with Gasteiger partial charge >= 0.3 is 0 Å². The molecule has 4 rings (SSSR count). The average molecular weight is 283 g/mol. The molecule has 4 aliphatic rings. The summed E-state index contributed by atoms with van der Waals surface area (Å²) in [6, 6.07) is 0. The lowest BCUT2D eigenvalue weighted by molar-refractivity contribution is 0.0455. The van der Waals surface area contributed by atoms with Crippen molar-refractivity contribution in [3.05, 3.63) is 11.6 Å². The maximum absolute atomic E-state index is 9.02. The summed E-state index contributed by atoms with van der Waals surface area (Å²) in [4.78, 5) is 0. The van der Waals surface area contributed by atoms with Gasteiger partial charge in [-0.1, -0.05) is 10.7 Å². The van der Waals surface area contributed by atoms with E-state index in [2.05, 4.69) is 17.2 Å². The molecule has 1 N–H and O–H groups in total. The molecule has 3 fully saturated rings. The van der Waals surface area contributed by atoms with Crippen LogP contribution in [0.2, 0.25) is 0 Å². The molecular weight excluding hydrogens is 258 g/mol. The molecule has 4 aliphatic carbocycles. The van der Waals surface area contributed by atoms with E-state index in [-0.39, 0.29) is 0 Å². The van der Waals surface area contributed by atoms with E-state index in [4.69, 9.17) is 11.6 Å². The van der Waals surface area contributed by atoms with Gasteiger partial charge in [0.1, 0.15) is 0 Å². The fourth-order valence-corrected chi connectivity index (χ4v) is 6.14. The third kappa shape index (κ3) is 2.05. The summed E-state index contributed by atoms with van der Waals surface area (Å²) in [6.45, 7) is 0. The zero-order chi connectivity index (χ0) is 14.4. The molecule has 3 saturated carbocycles. The molecule has 21 heavy (non-hydrogen) atoms. The first-order valence-electron chi connectivity index (χ1n) is 8.69. The Balaban J connectivity index is 1.58. The minimum absolute atomic E-state index is 0.562. The largest absolute Gasteiger partial charge is 0.411 e. The van der Waals surface area contributed by atoms with E-state index in [9.17, 15) is 0 Å². The van der Waals surface area contributed by atoms with E-state index < -0.39 is 0 Å². The van der Waals surface area contributed by atoms with Crippen LogP contribution in [0.5, 0.6) is 0 Å². The van der Waals surface area contributed by atoms with Gasteiger partial charge < -0.3 is 5.21 Å². The standard InChI is InChI=1S/C19H25NO/c1-2-12-3-6-17-15(12)9-10-18-16-8-5-14(20-21)11-13(16)4-7-19(17)18/h1,11-12,15-19,21H,3-10H2/t12-,15-,16+,17-,18-,19+/m1/s1. The van der Waals surface area contributed by atoms with Gasteiger partial charge in [0.15, 0.2) is 0 Å². The number of allylic oxidation sites excluding steroid dienone is 2. The van der Waals surface area contributed by atoms with Crippen molar-refractivity contribution in [2.45, 2.75) is 51.4 Å². The van der Waals surface area contributed by atoms with Crippen LogP contribution in [0, 0.1) is 47.9 Å². The van der Waals surface area contributed by atoms with Gasteiger partial charge in [0.25, 0.3) is 0 Å². The molecule has 2 nitrogen and oxygen atoms in total. The van der Waals surface area contributed by atoms with Crippen LogP contribution < -0.4 is 0 Å². The summed E-state index contributed by atoms with van der Waals surface area (Å²) < 4.78 is 0. The van der Waals surface area contributed by atoms with Crippen molar-refractivity contribution < 1.29 is 5.21 Å². The van der Waals surface area contributed by atoms with E-state index in [1.807, 2.05) is 0 Å². The lowest BCUT2D eigenvalue weighted by Crippen LogP contribution is -2.41. The Labute approximate surface area is 127 Å². The molecule has 0 aromatic rings. The van der Waals surface area contributed by atoms with Crippen molar-refractivity contribution in [3.63, 3.8) is 0 Å². The predicted molar refractivity (Wildman–Crippen MR) is 84.0 cm³/mol. The Morgan fingerprint density at radius 3 is 2.52 bits per heavy atom. The number of rotatable bonds is 0. The average Bonchev–Trinajstić information content (AvgIpc) is 2.97. The van der Waals surface area contributed by atoms with Crippen molar-refractivity contribution in [2.24, 2.45) is 40.7 Å². The summed E-state index contributed by atoms with van der Waals surface area (Å²) in [7, 11) is 0. The lowest BCUT2D eigenvalue weighted by atomic mass is 9.55. The Morgan fingerprint density at radius 1 is 0.952 bits per heavy atom. The third-order valence-electron chi connectivity index (χ3n) is 6.98. The molecule has 0 unspecified atom stereocenters. The minimum atomic E-state index is 0.562. The first-order valence-corrected chi connectivity index (χ1v) is 8.69. The summed E-state index contributed by atoms with van der Waals surface area (Å²) in [6.07, 6.45) is 18.0. The molecule has 0 spiro atoms. The number of fused-ring (bicyclic) bond motifs is 5. The van der Waals surface area contributed by atoms with E-state index in [0.717, 1.165) is 41.7 Å². The number of oxime groups is 1. The second-order valence-corrected chi connectivity index (χ2v) is 7.58. The molecule has 0 aromatic carbocycles. The molecule has 0 aliphatic heterocycles. The van der Waals surface area contributed by atoms with Crippen molar-refractivity contribution >= 4 is 5.71 Å². The zero-order valence-electron chi connectivity index (χ0n) is 12.7. The lowest BCUT2D eigenvalue weighted by Gasteiger charge is -2.49. The predicted octanol–water partition coefficient (Wildman–Crippen LogP) is 4.25. The molecular formula is C19H25NO. The molecule has 0 heterocycles. The SMILES string of the molecule is C#C[C@@H]1CC[C@H]2[C@@H]3CCC4=CC(=NO)CC[C@@H]4[C@H]3CC[C@@H]21. The number of terminal acetylenes is 1. The monoisotopic (exact) mass is 283 g/mol. The van der Waals surface area contributed by atoms with Gasteiger partial charge in [-0.25, -0.2) is 0 Å². The smallest absolute Gasteiger partial charge is 0.0795 e.